The Labute approximate surface area is 105 Å². The van der Waals surface area contributed by atoms with E-state index in [-0.39, 0.29) is 11.6 Å². The molecule has 5 heteroatoms. The van der Waals surface area contributed by atoms with Crippen LogP contribution in [0.25, 0.3) is 0 Å². The molecular formula is C12H7BrFNO2. The van der Waals surface area contributed by atoms with Crippen LogP contribution in [0.1, 0.15) is 10.4 Å². The van der Waals surface area contributed by atoms with Gasteiger partial charge in [0.1, 0.15) is 11.6 Å². The summed E-state index contributed by atoms with van der Waals surface area (Å²) < 4.78 is 19.0. The molecule has 0 radical (unpaired) electrons. The normalized spacial score (nSPS) is 10.0. The average molecular weight is 296 g/mol. The number of hydrogen-bond donors (Lipinski definition) is 0. The summed E-state index contributed by atoms with van der Waals surface area (Å²) >= 11 is 3.23. The molecule has 2 aromatic rings. The largest absolute Gasteiger partial charge is 0.437 e. The second-order valence-electron chi connectivity index (χ2n) is 3.19. The molecule has 86 valence electrons. The van der Waals surface area contributed by atoms with Crippen LogP contribution in [0, 0.1) is 5.82 Å². The molecule has 0 amide bonds. The summed E-state index contributed by atoms with van der Waals surface area (Å²) in [5.74, 6) is -0.00705. The van der Waals surface area contributed by atoms with Crippen LogP contribution < -0.4 is 4.74 Å². The predicted molar refractivity (Wildman–Crippen MR) is 63.8 cm³/mol. The lowest BCUT2D eigenvalue weighted by atomic mass is 10.3. The van der Waals surface area contributed by atoms with Gasteiger partial charge < -0.3 is 4.74 Å². The van der Waals surface area contributed by atoms with Gasteiger partial charge >= 0.3 is 0 Å². The highest BCUT2D eigenvalue weighted by molar-refractivity contribution is 9.10. The number of rotatable bonds is 3. The number of ether oxygens (including phenoxy) is 1. The summed E-state index contributed by atoms with van der Waals surface area (Å²) in [5.41, 5.74) is 0.309. The van der Waals surface area contributed by atoms with Crippen molar-refractivity contribution in [1.82, 2.24) is 4.98 Å². The number of aldehydes is 1. The zero-order chi connectivity index (χ0) is 12.3. The maximum Gasteiger partial charge on any atom is 0.229 e. The monoisotopic (exact) mass is 295 g/mol. The number of carbonyl (C=O) groups excluding carboxylic acids is 1. The van der Waals surface area contributed by atoms with Gasteiger partial charge in [0.25, 0.3) is 0 Å². The molecule has 1 heterocycles. The van der Waals surface area contributed by atoms with Crippen LogP contribution in [0.2, 0.25) is 0 Å². The summed E-state index contributed by atoms with van der Waals surface area (Å²) in [6.45, 7) is 0. The van der Waals surface area contributed by atoms with Gasteiger partial charge in [-0.3, -0.25) is 4.79 Å². The summed E-state index contributed by atoms with van der Waals surface area (Å²) in [7, 11) is 0. The smallest absolute Gasteiger partial charge is 0.229 e. The van der Waals surface area contributed by atoms with Crippen molar-refractivity contribution in [2.24, 2.45) is 0 Å². The lowest BCUT2D eigenvalue weighted by Gasteiger charge is -2.08. The molecule has 0 bridgehead atoms. The first kappa shape index (κ1) is 11.7. The van der Waals surface area contributed by atoms with Gasteiger partial charge in [-0.25, -0.2) is 9.37 Å². The molecule has 17 heavy (non-hydrogen) atoms. The van der Waals surface area contributed by atoms with Gasteiger partial charge in [0.15, 0.2) is 6.29 Å². The highest BCUT2D eigenvalue weighted by atomic mass is 79.9. The van der Waals surface area contributed by atoms with Gasteiger partial charge in [-0.2, -0.15) is 0 Å². The Balaban J connectivity index is 2.37. The molecule has 0 N–H and O–H groups in total. The van der Waals surface area contributed by atoms with Gasteiger partial charge in [-0.05, 0) is 40.2 Å². The molecule has 0 fully saturated rings. The number of hydrogen-bond acceptors (Lipinski definition) is 3. The van der Waals surface area contributed by atoms with Crippen molar-refractivity contribution in [2.75, 3.05) is 0 Å². The first-order valence-electron chi connectivity index (χ1n) is 4.74. The van der Waals surface area contributed by atoms with Crippen molar-refractivity contribution in [3.8, 4) is 11.6 Å². The number of pyridine rings is 1. The second-order valence-corrected chi connectivity index (χ2v) is 4.05. The highest BCUT2D eigenvalue weighted by Crippen LogP contribution is 2.30. The van der Waals surface area contributed by atoms with E-state index in [1.165, 1.54) is 24.4 Å². The van der Waals surface area contributed by atoms with Crippen LogP contribution in [-0.4, -0.2) is 11.3 Å². The number of halogens is 2. The number of nitrogens with zero attached hydrogens (tertiary/aromatic N) is 1. The molecule has 0 unspecified atom stereocenters. The topological polar surface area (TPSA) is 39.2 Å². The van der Waals surface area contributed by atoms with Crippen molar-refractivity contribution in [2.45, 2.75) is 0 Å². The lowest BCUT2D eigenvalue weighted by Crippen LogP contribution is -1.94. The molecule has 0 aliphatic carbocycles. The van der Waals surface area contributed by atoms with Crippen molar-refractivity contribution in [3.05, 3.63) is 52.4 Å². The third-order valence-electron chi connectivity index (χ3n) is 2.03. The van der Waals surface area contributed by atoms with Gasteiger partial charge in [0.05, 0.1) is 10.0 Å². The molecule has 1 aromatic heterocycles. The molecule has 0 spiro atoms. The quantitative estimate of drug-likeness (QED) is 0.813. The number of aromatic nitrogens is 1. The van der Waals surface area contributed by atoms with E-state index in [4.69, 9.17) is 4.74 Å². The van der Waals surface area contributed by atoms with E-state index in [1.807, 2.05) is 0 Å². The van der Waals surface area contributed by atoms with Crippen molar-refractivity contribution in [1.29, 1.82) is 0 Å². The zero-order valence-corrected chi connectivity index (χ0v) is 10.1. The predicted octanol–water partition coefficient (Wildman–Crippen LogP) is 3.59. The molecule has 0 aliphatic rings. The average Bonchev–Trinajstić information content (AvgIpc) is 2.34. The summed E-state index contributed by atoms with van der Waals surface area (Å²) in [6, 6.07) is 7.23. The molecule has 0 atom stereocenters. The van der Waals surface area contributed by atoms with E-state index in [9.17, 15) is 9.18 Å². The van der Waals surface area contributed by atoms with Gasteiger partial charge in [0.2, 0.25) is 5.88 Å². The van der Waals surface area contributed by atoms with Gasteiger partial charge in [0, 0.05) is 12.3 Å². The van der Waals surface area contributed by atoms with E-state index in [1.54, 1.807) is 12.1 Å². The second kappa shape index (κ2) is 5.05. The first-order chi connectivity index (χ1) is 8.20. The van der Waals surface area contributed by atoms with Crippen LogP contribution >= 0.6 is 15.9 Å². The molecule has 1 aromatic carbocycles. The number of benzene rings is 1. The summed E-state index contributed by atoms with van der Waals surface area (Å²) in [6.07, 6.45) is 2.13. The van der Waals surface area contributed by atoms with Crippen molar-refractivity contribution in [3.63, 3.8) is 0 Å². The summed E-state index contributed by atoms with van der Waals surface area (Å²) in [4.78, 5) is 14.7. The Morgan fingerprint density at radius 2 is 2.18 bits per heavy atom. The van der Waals surface area contributed by atoms with Crippen LogP contribution in [0.3, 0.4) is 0 Å². The van der Waals surface area contributed by atoms with Crippen LogP contribution in [0.5, 0.6) is 11.6 Å². The van der Waals surface area contributed by atoms with Crippen molar-refractivity contribution >= 4 is 22.2 Å². The Bertz CT molecular complexity index is 560. The molecule has 0 saturated carbocycles. The fourth-order valence-corrected chi connectivity index (χ4v) is 1.57. The fraction of sp³-hybridized carbons (Fsp3) is 0. The van der Waals surface area contributed by atoms with E-state index >= 15 is 0 Å². The Morgan fingerprint density at radius 3 is 2.94 bits per heavy atom. The van der Waals surface area contributed by atoms with E-state index in [2.05, 4.69) is 20.9 Å². The maximum atomic E-state index is 13.0. The minimum absolute atomic E-state index is 0.147. The van der Waals surface area contributed by atoms with Crippen LogP contribution in [-0.2, 0) is 0 Å². The maximum absolute atomic E-state index is 13.0. The highest BCUT2D eigenvalue weighted by Gasteiger charge is 2.08. The van der Waals surface area contributed by atoms with E-state index in [0.29, 0.717) is 16.3 Å². The molecule has 3 nitrogen and oxygen atoms in total. The minimum Gasteiger partial charge on any atom is -0.437 e. The minimum atomic E-state index is -0.424. The Kier molecular flexibility index (Phi) is 3.49. The van der Waals surface area contributed by atoms with E-state index < -0.39 is 5.82 Å². The van der Waals surface area contributed by atoms with Crippen molar-refractivity contribution < 1.29 is 13.9 Å². The Hall–Kier alpha value is -1.75. The van der Waals surface area contributed by atoms with Crippen LogP contribution in [0.4, 0.5) is 4.39 Å². The molecular weight excluding hydrogens is 289 g/mol. The van der Waals surface area contributed by atoms with E-state index in [0.717, 1.165) is 0 Å². The third-order valence-corrected chi connectivity index (χ3v) is 2.68. The molecule has 0 saturated heterocycles. The Morgan fingerprint density at radius 1 is 1.35 bits per heavy atom. The fourth-order valence-electron chi connectivity index (χ4n) is 1.24. The lowest BCUT2D eigenvalue weighted by molar-refractivity contribution is 0.112. The van der Waals surface area contributed by atoms with Crippen LogP contribution in [0.15, 0.2) is 41.0 Å². The zero-order valence-electron chi connectivity index (χ0n) is 8.56. The molecule has 0 aliphatic heterocycles. The third kappa shape index (κ3) is 2.68. The first-order valence-corrected chi connectivity index (χ1v) is 5.53. The SMILES string of the molecule is O=Cc1cccnc1Oc1cc(F)ccc1Br. The van der Waals surface area contributed by atoms with Gasteiger partial charge in [-0.1, -0.05) is 0 Å². The van der Waals surface area contributed by atoms with Gasteiger partial charge in [-0.15, -0.1) is 0 Å². The molecule has 2 rings (SSSR count). The standard InChI is InChI=1S/C12H7BrFNO2/c13-10-4-3-9(14)6-11(10)17-12-8(7-16)2-1-5-15-12/h1-7H. The number of carbonyl (C=O) groups is 1. The summed E-state index contributed by atoms with van der Waals surface area (Å²) in [5, 5.41) is 0.